The Hall–Kier alpha value is -4.91. The molecule has 2 atom stereocenters. The van der Waals surface area contributed by atoms with Crippen molar-refractivity contribution in [2.24, 2.45) is 10.9 Å². The van der Waals surface area contributed by atoms with Gasteiger partial charge in [-0.25, -0.2) is 23.1 Å². The molecule has 356 valence electrons. The van der Waals surface area contributed by atoms with Crippen LogP contribution in [0.25, 0.3) is 0 Å². The third-order valence-corrected chi connectivity index (χ3v) is 14.2. The lowest BCUT2D eigenvalue weighted by atomic mass is 10.0. The molecule has 13 heteroatoms. The molecule has 0 saturated carbocycles. The molecule has 3 amide bonds. The molecular weight excluding hydrogens is 841 g/mol. The van der Waals surface area contributed by atoms with Crippen LogP contribution in [0.4, 0.5) is 16.2 Å². The van der Waals surface area contributed by atoms with Crippen LogP contribution in [0, 0.1) is 5.92 Å². The van der Waals surface area contributed by atoms with E-state index in [0.717, 1.165) is 55.7 Å². The average Bonchev–Trinajstić information content (AvgIpc) is 3.49. The fraction of sp³-hybridized carbons (Fsp3) is 0.577. The third kappa shape index (κ3) is 14.3. The molecular formula is C52H74N4O8S. The molecule has 5 rings (SSSR count). The number of amidine groups is 1. The first-order valence-electron chi connectivity index (χ1n) is 24.5. The zero-order chi connectivity index (χ0) is 46.7. The zero-order valence-electron chi connectivity index (χ0n) is 39.7. The van der Waals surface area contributed by atoms with E-state index < -0.39 is 39.6 Å². The molecule has 0 aliphatic carbocycles. The second-order valence-corrected chi connectivity index (χ2v) is 19.9. The number of ether oxygens (including phenoxy) is 3. The summed E-state index contributed by atoms with van der Waals surface area (Å²) >= 11 is 0. The average molecular weight is 915 g/mol. The van der Waals surface area contributed by atoms with Crippen LogP contribution in [0.3, 0.4) is 0 Å². The molecule has 65 heavy (non-hydrogen) atoms. The standard InChI is InChI=1S/C52H74N4O8S/c1-6-9-11-12-13-14-15-16-17-18-19-20-21-22-23-30-38-55-48(53-42-33-25-29-37-46(42)65(55,60)61)47(56-50(58)52(4,5)64-51(56)59)49(57)54-41-32-24-26-34-43(41)63-45-36-28-27-35-44(45)62-39-40(8-3)31-10-7-2/h24-29,32-37,40,47H,6-23,30-31,38-39H2,1-5H3,(H,54,57). The number of cyclic esters (lactones) is 1. The molecule has 3 aromatic rings. The van der Waals surface area contributed by atoms with Crippen LogP contribution in [-0.4, -0.2) is 66.2 Å². The number of amides is 3. The van der Waals surface area contributed by atoms with Gasteiger partial charge in [0.2, 0.25) is 0 Å². The van der Waals surface area contributed by atoms with Crippen LogP contribution in [0.1, 0.15) is 163 Å². The minimum atomic E-state index is -4.28. The van der Waals surface area contributed by atoms with Crippen LogP contribution < -0.4 is 14.8 Å². The number of sulfonamides is 1. The zero-order valence-corrected chi connectivity index (χ0v) is 40.5. The Balaban J connectivity index is 1.32. The SMILES string of the molecule is CCCCCCCCCCCCCCCCCCN1C(C(C(=O)Nc2ccccc2Oc2ccccc2OCC(CC)CCCC)N2C(=O)OC(C)(C)C2=O)=Nc2ccccc2S1(=O)=O. The van der Waals surface area contributed by atoms with E-state index in [2.05, 4.69) is 26.1 Å². The van der Waals surface area contributed by atoms with E-state index in [9.17, 15) is 22.8 Å². The molecule has 0 aromatic heterocycles. The molecule has 1 fully saturated rings. The van der Waals surface area contributed by atoms with E-state index in [-0.39, 0.29) is 34.4 Å². The number of unbranched alkanes of at least 4 members (excludes halogenated alkanes) is 16. The number of hydrogen-bond donors (Lipinski definition) is 1. The molecule has 2 heterocycles. The summed E-state index contributed by atoms with van der Waals surface area (Å²) in [6.45, 7) is 9.96. The number of anilines is 1. The van der Waals surface area contributed by atoms with Crippen molar-refractivity contribution < 1.29 is 37.0 Å². The van der Waals surface area contributed by atoms with Gasteiger partial charge >= 0.3 is 6.09 Å². The van der Waals surface area contributed by atoms with Crippen LogP contribution in [0.2, 0.25) is 0 Å². The first-order valence-corrected chi connectivity index (χ1v) is 25.9. The maximum Gasteiger partial charge on any atom is 0.418 e. The predicted octanol–water partition coefficient (Wildman–Crippen LogP) is 13.1. The monoisotopic (exact) mass is 915 g/mol. The Bertz CT molecular complexity index is 2140. The van der Waals surface area contributed by atoms with Crippen molar-refractivity contribution in [1.29, 1.82) is 0 Å². The van der Waals surface area contributed by atoms with Gasteiger partial charge in [0.25, 0.3) is 21.8 Å². The van der Waals surface area contributed by atoms with Crippen molar-refractivity contribution >= 4 is 45.1 Å². The molecule has 0 bridgehead atoms. The maximum absolute atomic E-state index is 14.9. The first-order chi connectivity index (χ1) is 31.4. The first kappa shape index (κ1) is 51.1. The van der Waals surface area contributed by atoms with Crippen molar-refractivity contribution in [3.05, 3.63) is 72.8 Å². The highest BCUT2D eigenvalue weighted by Crippen LogP contribution is 2.38. The summed E-state index contributed by atoms with van der Waals surface area (Å²) in [4.78, 5) is 47.9. The molecule has 12 nitrogen and oxygen atoms in total. The van der Waals surface area contributed by atoms with Crippen molar-refractivity contribution in [2.75, 3.05) is 18.5 Å². The van der Waals surface area contributed by atoms with Gasteiger partial charge in [0.05, 0.1) is 18.0 Å². The Morgan fingerprint density at radius 1 is 0.708 bits per heavy atom. The Labute approximate surface area is 388 Å². The Kier molecular flexibility index (Phi) is 20.2. The second-order valence-electron chi connectivity index (χ2n) is 18.0. The third-order valence-electron chi connectivity index (χ3n) is 12.4. The number of fused-ring (bicyclic) bond motifs is 1. The molecule has 0 spiro atoms. The molecule has 3 aromatic carbocycles. The summed E-state index contributed by atoms with van der Waals surface area (Å²) in [5, 5.41) is 2.86. The molecule has 2 aliphatic heterocycles. The van der Waals surface area contributed by atoms with E-state index in [1.54, 1.807) is 42.5 Å². The molecule has 1 N–H and O–H groups in total. The van der Waals surface area contributed by atoms with Crippen LogP contribution in [0.15, 0.2) is 82.7 Å². The maximum atomic E-state index is 14.9. The summed E-state index contributed by atoms with van der Waals surface area (Å²) in [5.74, 6) is -0.323. The van der Waals surface area contributed by atoms with Gasteiger partial charge in [-0.3, -0.25) is 13.9 Å². The van der Waals surface area contributed by atoms with E-state index in [4.69, 9.17) is 19.2 Å². The normalized spacial score (nSPS) is 16.1. The number of para-hydroxylation sites is 5. The predicted molar refractivity (Wildman–Crippen MR) is 259 cm³/mol. The summed E-state index contributed by atoms with van der Waals surface area (Å²) in [6.07, 6.45) is 21.8. The number of nitrogens with zero attached hydrogens (tertiary/aromatic N) is 3. The summed E-state index contributed by atoms with van der Waals surface area (Å²) in [5.41, 5.74) is -1.30. The number of rotatable bonds is 30. The van der Waals surface area contributed by atoms with E-state index in [1.807, 2.05) is 18.2 Å². The molecule has 1 saturated heterocycles. The smallest absolute Gasteiger partial charge is 0.418 e. The van der Waals surface area contributed by atoms with Gasteiger partial charge in [0, 0.05) is 6.54 Å². The van der Waals surface area contributed by atoms with Gasteiger partial charge in [-0.05, 0) is 69.0 Å². The molecule has 0 radical (unpaired) electrons. The van der Waals surface area contributed by atoms with Crippen molar-refractivity contribution in [3.8, 4) is 17.2 Å². The minimum absolute atomic E-state index is 0.00793. The van der Waals surface area contributed by atoms with Crippen LogP contribution in [0.5, 0.6) is 17.2 Å². The highest BCUT2D eigenvalue weighted by atomic mass is 32.2. The van der Waals surface area contributed by atoms with E-state index in [1.165, 1.54) is 96.6 Å². The highest BCUT2D eigenvalue weighted by molar-refractivity contribution is 7.90. The fourth-order valence-electron chi connectivity index (χ4n) is 8.42. The van der Waals surface area contributed by atoms with E-state index in [0.29, 0.717) is 35.3 Å². The fourth-order valence-corrected chi connectivity index (χ4v) is 10.0. The van der Waals surface area contributed by atoms with Crippen molar-refractivity contribution in [2.45, 2.75) is 180 Å². The topological polar surface area (TPSA) is 144 Å². The minimum Gasteiger partial charge on any atom is -0.489 e. The lowest BCUT2D eigenvalue weighted by molar-refractivity contribution is -0.137. The number of carbonyl (C=O) groups excluding carboxylic acids is 3. The number of nitrogens with one attached hydrogen (secondary N) is 1. The van der Waals surface area contributed by atoms with E-state index >= 15 is 0 Å². The number of benzene rings is 3. The Morgan fingerprint density at radius 2 is 1.25 bits per heavy atom. The quantitative estimate of drug-likeness (QED) is 0.0651. The van der Waals surface area contributed by atoms with Gasteiger partial charge in [-0.2, -0.15) is 0 Å². The van der Waals surface area contributed by atoms with Gasteiger partial charge in [0.15, 0.2) is 34.7 Å². The largest absolute Gasteiger partial charge is 0.489 e. The molecule has 2 aliphatic rings. The van der Waals surface area contributed by atoms with Crippen LogP contribution >= 0.6 is 0 Å². The molecule has 2 unspecified atom stereocenters. The van der Waals surface area contributed by atoms with Gasteiger partial charge in [-0.1, -0.05) is 173 Å². The van der Waals surface area contributed by atoms with Gasteiger partial charge in [-0.15, -0.1) is 0 Å². The summed E-state index contributed by atoms with van der Waals surface area (Å²) < 4.78 is 48.3. The van der Waals surface area contributed by atoms with Gasteiger partial charge < -0.3 is 19.5 Å². The lowest BCUT2D eigenvalue weighted by Gasteiger charge is -2.35. The van der Waals surface area contributed by atoms with Gasteiger partial charge in [0.1, 0.15) is 4.90 Å². The summed E-state index contributed by atoms with van der Waals surface area (Å²) in [6, 6.07) is 18.5. The second kappa shape index (κ2) is 25.7. The lowest BCUT2D eigenvalue weighted by Crippen LogP contribution is -2.59. The number of carbonyl (C=O) groups is 3. The summed E-state index contributed by atoms with van der Waals surface area (Å²) in [7, 11) is -4.28. The number of imide groups is 1. The Morgan fingerprint density at radius 3 is 1.83 bits per heavy atom. The van der Waals surface area contributed by atoms with Crippen LogP contribution in [-0.2, 0) is 24.3 Å². The van der Waals surface area contributed by atoms with Crippen molar-refractivity contribution in [3.63, 3.8) is 0 Å². The van der Waals surface area contributed by atoms with Crippen molar-refractivity contribution in [1.82, 2.24) is 9.21 Å². The highest BCUT2D eigenvalue weighted by Gasteiger charge is 2.55. The number of hydrogen-bond acceptors (Lipinski definition) is 9. The number of aliphatic imine (C=N–C) groups is 1.